The van der Waals surface area contributed by atoms with Crippen molar-refractivity contribution in [3.8, 4) is 0 Å². The Bertz CT molecular complexity index is 501. The zero-order valence-electron chi connectivity index (χ0n) is 16.4. The fourth-order valence-corrected chi connectivity index (χ4v) is 4.35. The maximum atomic E-state index is 5.26. The Morgan fingerprint density at radius 3 is 2.40 bits per heavy atom. The van der Waals surface area contributed by atoms with Crippen LogP contribution in [0.25, 0.3) is 0 Å². The molecule has 1 aromatic carbocycles. The highest BCUT2D eigenvalue weighted by molar-refractivity contribution is 5.27. The van der Waals surface area contributed by atoms with Crippen LogP contribution in [-0.2, 0) is 11.3 Å². The van der Waals surface area contributed by atoms with Gasteiger partial charge < -0.3 is 4.74 Å². The van der Waals surface area contributed by atoms with Crippen molar-refractivity contribution in [1.29, 1.82) is 0 Å². The van der Waals surface area contributed by atoms with E-state index in [1.165, 1.54) is 50.9 Å². The minimum Gasteiger partial charge on any atom is -0.383 e. The molecule has 3 heteroatoms. The number of methoxy groups -OCH3 is 1. The van der Waals surface area contributed by atoms with Crippen LogP contribution in [-0.4, -0.2) is 55.7 Å². The van der Waals surface area contributed by atoms with Crippen molar-refractivity contribution in [2.24, 2.45) is 5.92 Å². The maximum absolute atomic E-state index is 5.26. The molecule has 3 nitrogen and oxygen atoms in total. The molecule has 2 aliphatic rings. The van der Waals surface area contributed by atoms with Gasteiger partial charge in [0.25, 0.3) is 0 Å². The summed E-state index contributed by atoms with van der Waals surface area (Å²) >= 11 is 0. The third-order valence-corrected chi connectivity index (χ3v) is 6.10. The quantitative estimate of drug-likeness (QED) is 0.670. The van der Waals surface area contributed by atoms with Crippen LogP contribution in [0.15, 0.2) is 24.3 Å². The number of benzene rings is 1. The number of hydrogen-bond acceptors (Lipinski definition) is 3. The third kappa shape index (κ3) is 5.29. The summed E-state index contributed by atoms with van der Waals surface area (Å²) in [6, 6.07) is 10.1. The number of nitrogens with zero attached hydrogens (tertiary/aromatic N) is 2. The van der Waals surface area contributed by atoms with Gasteiger partial charge in [-0.15, -0.1) is 0 Å². The fraction of sp³-hybridized carbons (Fsp3) is 0.727. The molecular weight excluding hydrogens is 308 g/mol. The molecule has 0 amide bonds. The van der Waals surface area contributed by atoms with Gasteiger partial charge in [-0.3, -0.25) is 9.80 Å². The molecule has 1 heterocycles. The molecule has 1 aliphatic heterocycles. The van der Waals surface area contributed by atoms with Crippen molar-refractivity contribution in [1.82, 2.24) is 9.80 Å². The van der Waals surface area contributed by atoms with Crippen LogP contribution in [0.1, 0.15) is 56.6 Å². The Labute approximate surface area is 154 Å². The van der Waals surface area contributed by atoms with E-state index in [1.807, 2.05) is 0 Å². The van der Waals surface area contributed by atoms with Crippen molar-refractivity contribution in [3.63, 3.8) is 0 Å². The van der Waals surface area contributed by atoms with Crippen LogP contribution in [0.4, 0.5) is 0 Å². The Hall–Kier alpha value is -0.900. The van der Waals surface area contributed by atoms with E-state index >= 15 is 0 Å². The number of ether oxygens (including phenoxy) is 1. The summed E-state index contributed by atoms with van der Waals surface area (Å²) in [5.41, 5.74) is 3.03. The highest BCUT2D eigenvalue weighted by atomic mass is 16.5. The van der Waals surface area contributed by atoms with Gasteiger partial charge in [0, 0.05) is 32.8 Å². The average Bonchev–Trinajstić information content (AvgIpc) is 3.07. The van der Waals surface area contributed by atoms with Crippen LogP contribution in [0.5, 0.6) is 0 Å². The van der Waals surface area contributed by atoms with E-state index in [9.17, 15) is 0 Å². The molecule has 140 valence electrons. The highest BCUT2D eigenvalue weighted by Gasteiger charge is 2.31. The smallest absolute Gasteiger partial charge is 0.0589 e. The number of likely N-dealkylation sites (tertiary alicyclic amines) is 1. The van der Waals surface area contributed by atoms with Gasteiger partial charge in [0.1, 0.15) is 0 Å². The lowest BCUT2D eigenvalue weighted by Gasteiger charge is -2.40. The second-order valence-electron chi connectivity index (χ2n) is 8.34. The van der Waals surface area contributed by atoms with E-state index in [0.29, 0.717) is 6.04 Å². The Kier molecular flexibility index (Phi) is 6.92. The summed E-state index contributed by atoms with van der Waals surface area (Å²) in [4.78, 5) is 5.15. The first-order chi connectivity index (χ1) is 12.2. The standard InChI is InChI=1S/C22H36N2O/c1-18(2)24(12-13-25-3)17-20-14-22(15-20)21-8-6-19(7-9-21)16-23-10-4-5-11-23/h6-9,18,20,22H,4-5,10-17H2,1-3H3/t20-,22-. The molecule has 25 heavy (non-hydrogen) atoms. The summed E-state index contributed by atoms with van der Waals surface area (Å²) < 4.78 is 5.26. The van der Waals surface area contributed by atoms with Gasteiger partial charge in [-0.1, -0.05) is 24.3 Å². The lowest BCUT2D eigenvalue weighted by atomic mass is 9.71. The minimum absolute atomic E-state index is 0.610. The fourth-order valence-electron chi connectivity index (χ4n) is 4.35. The van der Waals surface area contributed by atoms with Gasteiger partial charge in [-0.2, -0.15) is 0 Å². The van der Waals surface area contributed by atoms with Gasteiger partial charge in [0.15, 0.2) is 0 Å². The van der Waals surface area contributed by atoms with E-state index in [4.69, 9.17) is 4.74 Å². The minimum atomic E-state index is 0.610. The van der Waals surface area contributed by atoms with E-state index in [1.54, 1.807) is 12.7 Å². The van der Waals surface area contributed by atoms with Crippen LogP contribution < -0.4 is 0 Å². The lowest BCUT2D eigenvalue weighted by Crippen LogP contribution is -2.41. The summed E-state index contributed by atoms with van der Waals surface area (Å²) in [5, 5.41) is 0. The van der Waals surface area contributed by atoms with E-state index in [2.05, 4.69) is 47.9 Å². The van der Waals surface area contributed by atoms with Crippen molar-refractivity contribution < 1.29 is 4.74 Å². The summed E-state index contributed by atoms with van der Waals surface area (Å²) in [6.45, 7) is 11.4. The predicted octanol–water partition coefficient (Wildman–Crippen LogP) is 4.13. The topological polar surface area (TPSA) is 15.7 Å². The van der Waals surface area contributed by atoms with Crippen LogP contribution in [0.2, 0.25) is 0 Å². The summed E-state index contributed by atoms with van der Waals surface area (Å²) in [6.07, 6.45) is 5.45. The molecule has 0 bridgehead atoms. The Morgan fingerprint density at radius 2 is 1.80 bits per heavy atom. The van der Waals surface area contributed by atoms with Crippen LogP contribution in [0, 0.1) is 5.92 Å². The molecule has 1 saturated heterocycles. The van der Waals surface area contributed by atoms with E-state index in [0.717, 1.165) is 31.5 Å². The molecule has 0 N–H and O–H groups in total. The van der Waals surface area contributed by atoms with Gasteiger partial charge in [0.2, 0.25) is 0 Å². The molecule has 1 saturated carbocycles. The molecule has 0 unspecified atom stereocenters. The van der Waals surface area contributed by atoms with E-state index in [-0.39, 0.29) is 0 Å². The average molecular weight is 345 g/mol. The first-order valence-electron chi connectivity index (χ1n) is 10.2. The zero-order chi connectivity index (χ0) is 17.6. The predicted molar refractivity (Wildman–Crippen MR) is 105 cm³/mol. The molecule has 0 atom stereocenters. The SMILES string of the molecule is COCCN(C[C@H]1C[C@H](c2ccc(CN3CCCC3)cc2)C1)C(C)C. The van der Waals surface area contributed by atoms with Crippen molar-refractivity contribution in [2.45, 2.75) is 58.0 Å². The third-order valence-electron chi connectivity index (χ3n) is 6.10. The van der Waals surface area contributed by atoms with Crippen LogP contribution in [0.3, 0.4) is 0 Å². The Balaban J connectivity index is 1.43. The second kappa shape index (κ2) is 9.16. The van der Waals surface area contributed by atoms with Gasteiger partial charge in [0.05, 0.1) is 6.61 Å². The number of rotatable bonds is 9. The van der Waals surface area contributed by atoms with E-state index < -0.39 is 0 Å². The molecule has 3 rings (SSSR count). The molecule has 1 aliphatic carbocycles. The first-order valence-corrected chi connectivity index (χ1v) is 10.2. The Morgan fingerprint density at radius 1 is 1.12 bits per heavy atom. The molecule has 1 aromatic rings. The van der Waals surface area contributed by atoms with Crippen molar-refractivity contribution in [2.75, 3.05) is 39.9 Å². The van der Waals surface area contributed by atoms with Crippen LogP contribution >= 0.6 is 0 Å². The zero-order valence-corrected chi connectivity index (χ0v) is 16.4. The van der Waals surface area contributed by atoms with Gasteiger partial charge in [-0.05, 0) is 75.6 Å². The van der Waals surface area contributed by atoms with Gasteiger partial charge >= 0.3 is 0 Å². The molecule has 0 radical (unpaired) electrons. The lowest BCUT2D eigenvalue weighted by molar-refractivity contribution is 0.0933. The monoisotopic (exact) mass is 344 g/mol. The second-order valence-corrected chi connectivity index (χ2v) is 8.34. The highest BCUT2D eigenvalue weighted by Crippen LogP contribution is 2.42. The van der Waals surface area contributed by atoms with Crippen molar-refractivity contribution in [3.05, 3.63) is 35.4 Å². The summed E-state index contributed by atoms with van der Waals surface area (Å²) in [7, 11) is 1.80. The molecule has 0 spiro atoms. The first kappa shape index (κ1) is 18.9. The van der Waals surface area contributed by atoms with Gasteiger partial charge in [-0.25, -0.2) is 0 Å². The molecule has 0 aromatic heterocycles. The molecule has 2 fully saturated rings. The van der Waals surface area contributed by atoms with Crippen molar-refractivity contribution >= 4 is 0 Å². The maximum Gasteiger partial charge on any atom is 0.0589 e. The number of hydrogen-bond donors (Lipinski definition) is 0. The normalized spacial score (nSPS) is 24.2. The molecular formula is C22H36N2O. The summed E-state index contributed by atoms with van der Waals surface area (Å²) in [5.74, 6) is 1.64. The largest absolute Gasteiger partial charge is 0.383 e.